The Kier molecular flexibility index (Phi) is 9.30. The summed E-state index contributed by atoms with van der Waals surface area (Å²) in [5.74, 6) is -6.13. The number of esters is 3. The van der Waals surface area contributed by atoms with Gasteiger partial charge >= 0.3 is 23.9 Å². The van der Waals surface area contributed by atoms with Crippen molar-refractivity contribution in [2.24, 2.45) is 5.92 Å². The summed E-state index contributed by atoms with van der Waals surface area (Å²) in [6.07, 6.45) is -0.586. The van der Waals surface area contributed by atoms with E-state index < -0.39 is 48.2 Å². The first-order valence-electron chi connectivity index (χ1n) is 8.83. The quantitative estimate of drug-likeness (QED) is 0.425. The molecule has 2 atom stereocenters. The average molecular weight is 409 g/mol. The summed E-state index contributed by atoms with van der Waals surface area (Å²) in [4.78, 5) is 59.3. The predicted octanol–water partition coefficient (Wildman–Crippen LogP) is 0.927. The van der Waals surface area contributed by atoms with E-state index >= 15 is 0 Å². The second kappa shape index (κ2) is 11.4. The second-order valence-corrected chi connectivity index (χ2v) is 5.78. The highest BCUT2D eigenvalue weighted by Gasteiger charge is 2.38. The lowest BCUT2D eigenvalue weighted by Crippen LogP contribution is -2.49. The third-order valence-corrected chi connectivity index (χ3v) is 3.59. The molecule has 0 unspecified atom stereocenters. The van der Waals surface area contributed by atoms with Crippen LogP contribution in [0.4, 0.5) is 0 Å². The van der Waals surface area contributed by atoms with Crippen LogP contribution >= 0.6 is 0 Å². The summed E-state index contributed by atoms with van der Waals surface area (Å²) in [7, 11) is 0. The molecule has 0 saturated heterocycles. The third-order valence-electron chi connectivity index (χ3n) is 3.59. The van der Waals surface area contributed by atoms with E-state index in [-0.39, 0.29) is 24.5 Å². The van der Waals surface area contributed by atoms with Gasteiger partial charge in [-0.25, -0.2) is 4.79 Å². The maximum absolute atomic E-state index is 12.5. The number of hydrogen-bond donors (Lipinski definition) is 2. The molecule has 0 aromatic heterocycles. The lowest BCUT2D eigenvalue weighted by atomic mass is 9.95. The zero-order valence-corrected chi connectivity index (χ0v) is 16.3. The number of ether oxygens (including phenoxy) is 3. The van der Waals surface area contributed by atoms with E-state index in [4.69, 9.17) is 14.2 Å². The molecule has 0 aliphatic heterocycles. The van der Waals surface area contributed by atoms with E-state index in [2.05, 4.69) is 5.32 Å². The molecule has 158 valence electrons. The molecule has 0 bridgehead atoms. The Morgan fingerprint density at radius 2 is 1.72 bits per heavy atom. The number of carboxylic acids is 1. The molecule has 0 saturated carbocycles. The van der Waals surface area contributed by atoms with Crippen LogP contribution in [0.25, 0.3) is 0 Å². The average Bonchev–Trinajstić information content (AvgIpc) is 2.64. The standard InChI is InChI=1S/C19H23NO9/c1-4-27-15(22)10-14(19(26)28-5-2)16(18(24)25)20-17(23)12-7-6-8-13(9-12)29-11(3)21/h6-9,14,16H,4-5,10H2,1-3H3,(H,20,23)(H,24,25)/t14-,16-/m0/s1. The maximum Gasteiger partial charge on any atom is 0.327 e. The Morgan fingerprint density at radius 3 is 2.28 bits per heavy atom. The summed E-state index contributed by atoms with van der Waals surface area (Å²) in [6, 6.07) is 3.73. The summed E-state index contributed by atoms with van der Waals surface area (Å²) in [5.41, 5.74) is -0.00579. The van der Waals surface area contributed by atoms with Crippen molar-refractivity contribution in [3.8, 4) is 5.75 Å². The Balaban J connectivity index is 3.09. The molecule has 0 fully saturated rings. The van der Waals surface area contributed by atoms with E-state index in [1.54, 1.807) is 6.92 Å². The topological polar surface area (TPSA) is 145 Å². The number of benzene rings is 1. The summed E-state index contributed by atoms with van der Waals surface area (Å²) in [6.45, 7) is 4.27. The van der Waals surface area contributed by atoms with Crippen LogP contribution in [0, 0.1) is 5.92 Å². The van der Waals surface area contributed by atoms with E-state index in [1.165, 1.54) is 38.1 Å². The highest BCUT2D eigenvalue weighted by atomic mass is 16.5. The molecule has 0 spiro atoms. The van der Waals surface area contributed by atoms with Crippen molar-refractivity contribution < 1.29 is 43.3 Å². The summed E-state index contributed by atoms with van der Waals surface area (Å²) < 4.78 is 14.5. The van der Waals surface area contributed by atoms with Crippen LogP contribution in [-0.4, -0.2) is 54.1 Å². The van der Waals surface area contributed by atoms with Crippen LogP contribution in [0.2, 0.25) is 0 Å². The smallest absolute Gasteiger partial charge is 0.327 e. The Hall–Kier alpha value is -3.43. The Morgan fingerprint density at radius 1 is 1.07 bits per heavy atom. The largest absolute Gasteiger partial charge is 0.480 e. The highest BCUT2D eigenvalue weighted by Crippen LogP contribution is 2.17. The minimum absolute atomic E-state index is 0.00579. The number of nitrogens with one attached hydrogen (secondary N) is 1. The van der Waals surface area contributed by atoms with Gasteiger partial charge in [-0.1, -0.05) is 6.07 Å². The summed E-state index contributed by atoms with van der Waals surface area (Å²) >= 11 is 0. The van der Waals surface area contributed by atoms with E-state index in [0.29, 0.717) is 0 Å². The monoisotopic (exact) mass is 409 g/mol. The molecular weight excluding hydrogens is 386 g/mol. The van der Waals surface area contributed by atoms with Gasteiger partial charge in [0.2, 0.25) is 0 Å². The second-order valence-electron chi connectivity index (χ2n) is 5.78. The normalized spacial score (nSPS) is 12.2. The van der Waals surface area contributed by atoms with Gasteiger partial charge in [0.1, 0.15) is 11.8 Å². The first kappa shape index (κ1) is 23.6. The van der Waals surface area contributed by atoms with Gasteiger partial charge in [-0.2, -0.15) is 0 Å². The van der Waals surface area contributed by atoms with Crippen molar-refractivity contribution in [2.45, 2.75) is 33.2 Å². The number of carboxylic acid groups (broad SMARTS) is 1. The SMILES string of the molecule is CCOC(=O)C[C@H](C(=O)OCC)[C@H](NC(=O)c1cccc(OC(C)=O)c1)C(=O)O. The van der Waals surface area contributed by atoms with Crippen molar-refractivity contribution in [1.82, 2.24) is 5.32 Å². The molecule has 1 aromatic rings. The Bertz CT molecular complexity index is 775. The zero-order valence-electron chi connectivity index (χ0n) is 16.3. The lowest BCUT2D eigenvalue weighted by molar-refractivity contribution is -0.159. The number of rotatable bonds is 10. The minimum Gasteiger partial charge on any atom is -0.480 e. The van der Waals surface area contributed by atoms with Crippen LogP contribution in [0.5, 0.6) is 5.75 Å². The molecule has 10 nitrogen and oxygen atoms in total. The molecular formula is C19H23NO9. The van der Waals surface area contributed by atoms with E-state index in [9.17, 15) is 29.1 Å². The third kappa shape index (κ3) is 7.60. The van der Waals surface area contributed by atoms with Crippen molar-refractivity contribution in [3.05, 3.63) is 29.8 Å². The molecule has 0 aliphatic carbocycles. The van der Waals surface area contributed by atoms with Gasteiger partial charge in [0.15, 0.2) is 0 Å². The first-order chi connectivity index (χ1) is 13.7. The molecule has 10 heteroatoms. The number of carbonyl (C=O) groups excluding carboxylic acids is 4. The fraction of sp³-hybridized carbons (Fsp3) is 0.421. The molecule has 1 aromatic carbocycles. The number of carbonyl (C=O) groups is 5. The van der Waals surface area contributed by atoms with Crippen LogP contribution in [0.1, 0.15) is 37.6 Å². The van der Waals surface area contributed by atoms with E-state index in [0.717, 1.165) is 0 Å². The molecule has 0 heterocycles. The van der Waals surface area contributed by atoms with Crippen molar-refractivity contribution in [1.29, 1.82) is 0 Å². The van der Waals surface area contributed by atoms with Crippen molar-refractivity contribution in [2.75, 3.05) is 13.2 Å². The molecule has 1 amide bonds. The van der Waals surface area contributed by atoms with Crippen LogP contribution < -0.4 is 10.1 Å². The molecule has 29 heavy (non-hydrogen) atoms. The van der Waals surface area contributed by atoms with Crippen molar-refractivity contribution in [3.63, 3.8) is 0 Å². The minimum atomic E-state index is -1.75. The number of hydrogen-bond acceptors (Lipinski definition) is 8. The van der Waals surface area contributed by atoms with Crippen molar-refractivity contribution >= 4 is 29.8 Å². The van der Waals surface area contributed by atoms with Crippen LogP contribution in [0.3, 0.4) is 0 Å². The van der Waals surface area contributed by atoms with Gasteiger partial charge in [-0.3, -0.25) is 19.2 Å². The highest BCUT2D eigenvalue weighted by molar-refractivity contribution is 5.98. The van der Waals surface area contributed by atoms with Crippen LogP contribution in [-0.2, 0) is 28.7 Å². The molecule has 0 aliphatic rings. The number of aliphatic carboxylic acids is 1. The van der Waals surface area contributed by atoms with Gasteiger partial charge in [-0.15, -0.1) is 0 Å². The predicted molar refractivity (Wildman–Crippen MR) is 98.0 cm³/mol. The first-order valence-corrected chi connectivity index (χ1v) is 8.83. The molecule has 2 N–H and O–H groups in total. The zero-order chi connectivity index (χ0) is 22.0. The number of amides is 1. The fourth-order valence-electron chi connectivity index (χ4n) is 2.41. The summed E-state index contributed by atoms with van der Waals surface area (Å²) in [5, 5.41) is 11.7. The lowest BCUT2D eigenvalue weighted by Gasteiger charge is -2.23. The van der Waals surface area contributed by atoms with Gasteiger partial charge in [0.25, 0.3) is 5.91 Å². The fourth-order valence-corrected chi connectivity index (χ4v) is 2.41. The van der Waals surface area contributed by atoms with E-state index in [1.807, 2.05) is 0 Å². The van der Waals surface area contributed by atoms with Crippen LogP contribution in [0.15, 0.2) is 24.3 Å². The molecule has 0 radical (unpaired) electrons. The van der Waals surface area contributed by atoms with Gasteiger partial charge in [0.05, 0.1) is 25.6 Å². The maximum atomic E-state index is 12.5. The van der Waals surface area contributed by atoms with Gasteiger partial charge in [0, 0.05) is 12.5 Å². The Labute approximate surface area is 167 Å². The van der Waals surface area contributed by atoms with Gasteiger partial charge in [-0.05, 0) is 32.0 Å². The van der Waals surface area contributed by atoms with Gasteiger partial charge < -0.3 is 24.6 Å². The molecule has 1 rings (SSSR count).